The molecule has 0 radical (unpaired) electrons. The van der Waals surface area contributed by atoms with E-state index >= 15 is 0 Å². The fourth-order valence-electron chi connectivity index (χ4n) is 4.84. The number of piperazine rings is 1. The topological polar surface area (TPSA) is 72.7 Å². The molecule has 1 aromatic heterocycles. The predicted octanol–water partition coefficient (Wildman–Crippen LogP) is 4.10. The fraction of sp³-hybridized carbons (Fsp3) is 0.345. The molecule has 0 spiro atoms. The second kappa shape index (κ2) is 11.4. The van der Waals surface area contributed by atoms with E-state index in [1.807, 2.05) is 41.3 Å². The summed E-state index contributed by atoms with van der Waals surface area (Å²) in [6.07, 6.45) is 3.57. The van der Waals surface area contributed by atoms with Crippen molar-refractivity contribution in [1.29, 1.82) is 5.26 Å². The minimum atomic E-state index is -0.225. The highest BCUT2D eigenvalue weighted by molar-refractivity contribution is 5.94. The van der Waals surface area contributed by atoms with E-state index in [2.05, 4.69) is 20.9 Å². The number of carbonyl (C=O) groups is 1. The van der Waals surface area contributed by atoms with Gasteiger partial charge in [0.2, 0.25) is 0 Å². The molecule has 0 unspecified atom stereocenters. The second-order valence-corrected chi connectivity index (χ2v) is 9.54. The molecule has 3 heterocycles. The summed E-state index contributed by atoms with van der Waals surface area (Å²) in [5.41, 5.74) is 2.31. The lowest BCUT2D eigenvalue weighted by atomic mass is 10.1. The van der Waals surface area contributed by atoms with Crippen LogP contribution in [0.1, 0.15) is 34.3 Å². The molecular weight excluding hydrogens is 469 g/mol. The van der Waals surface area contributed by atoms with Gasteiger partial charge in [0, 0.05) is 64.9 Å². The second-order valence-electron chi connectivity index (χ2n) is 9.54. The van der Waals surface area contributed by atoms with Gasteiger partial charge in [-0.25, -0.2) is 9.37 Å². The zero-order valence-electron chi connectivity index (χ0n) is 20.7. The number of benzene rings is 2. The number of pyridine rings is 1. The van der Waals surface area contributed by atoms with Crippen molar-refractivity contribution in [3.63, 3.8) is 0 Å². The van der Waals surface area contributed by atoms with E-state index in [4.69, 9.17) is 10.00 Å². The lowest BCUT2D eigenvalue weighted by Crippen LogP contribution is -2.48. The Kier molecular flexibility index (Phi) is 7.62. The number of ether oxygens (including phenoxy) is 1. The number of aromatic nitrogens is 1. The lowest BCUT2D eigenvalue weighted by Gasteiger charge is -2.35. The van der Waals surface area contributed by atoms with Crippen LogP contribution in [-0.2, 0) is 6.54 Å². The van der Waals surface area contributed by atoms with Gasteiger partial charge in [0.1, 0.15) is 23.5 Å². The minimum absolute atomic E-state index is 0.00927. The Morgan fingerprint density at radius 3 is 2.27 bits per heavy atom. The summed E-state index contributed by atoms with van der Waals surface area (Å²) >= 11 is 0. The molecule has 0 bridgehead atoms. The molecular formula is C29H30FN5O2. The maximum Gasteiger partial charge on any atom is 0.255 e. The molecule has 7 nitrogen and oxygen atoms in total. The van der Waals surface area contributed by atoms with Gasteiger partial charge < -0.3 is 14.5 Å². The number of anilines is 1. The molecule has 0 N–H and O–H groups in total. The van der Waals surface area contributed by atoms with Gasteiger partial charge in [-0.1, -0.05) is 12.1 Å². The van der Waals surface area contributed by atoms with Gasteiger partial charge in [-0.05, 0) is 54.1 Å². The Hall–Kier alpha value is -3.96. The summed E-state index contributed by atoms with van der Waals surface area (Å²) in [5, 5.41) is 8.93. The first-order valence-corrected chi connectivity index (χ1v) is 12.7. The van der Waals surface area contributed by atoms with Crippen LogP contribution in [0.5, 0.6) is 5.75 Å². The number of halogens is 1. The van der Waals surface area contributed by atoms with E-state index in [9.17, 15) is 9.18 Å². The molecule has 5 rings (SSSR count). The molecule has 0 aliphatic carbocycles. The smallest absolute Gasteiger partial charge is 0.255 e. The van der Waals surface area contributed by atoms with Crippen molar-refractivity contribution < 1.29 is 13.9 Å². The van der Waals surface area contributed by atoms with Crippen LogP contribution >= 0.6 is 0 Å². The van der Waals surface area contributed by atoms with E-state index in [-0.39, 0.29) is 17.8 Å². The largest absolute Gasteiger partial charge is 0.490 e. The third kappa shape index (κ3) is 6.25. The fourth-order valence-corrected chi connectivity index (χ4v) is 4.84. The Morgan fingerprint density at radius 1 is 0.946 bits per heavy atom. The molecule has 2 aliphatic rings. The molecule has 190 valence electrons. The van der Waals surface area contributed by atoms with Crippen LogP contribution < -0.4 is 9.64 Å². The van der Waals surface area contributed by atoms with E-state index in [0.29, 0.717) is 24.2 Å². The number of nitriles is 1. The Labute approximate surface area is 216 Å². The monoisotopic (exact) mass is 499 g/mol. The molecule has 2 saturated heterocycles. The van der Waals surface area contributed by atoms with Crippen molar-refractivity contribution in [2.24, 2.45) is 0 Å². The summed E-state index contributed by atoms with van der Waals surface area (Å²) in [5.74, 6) is 1.44. The van der Waals surface area contributed by atoms with Gasteiger partial charge in [0.25, 0.3) is 5.91 Å². The number of hydrogen-bond donors (Lipinski definition) is 0. The van der Waals surface area contributed by atoms with Crippen LogP contribution in [0.2, 0.25) is 0 Å². The Morgan fingerprint density at radius 2 is 1.65 bits per heavy atom. The SMILES string of the molecule is N#Cc1ccc(OC2CCN(c3ccc(C(=O)N4CCN(Cc5ccc(F)cc5)CC4)cn3)CC2)cc1. The first-order chi connectivity index (χ1) is 18.1. The number of nitrogens with zero attached hydrogens (tertiary/aromatic N) is 5. The van der Waals surface area contributed by atoms with Gasteiger partial charge in [0.15, 0.2) is 0 Å². The van der Waals surface area contributed by atoms with Gasteiger partial charge in [0.05, 0.1) is 17.2 Å². The quantitative estimate of drug-likeness (QED) is 0.509. The highest BCUT2D eigenvalue weighted by atomic mass is 19.1. The van der Waals surface area contributed by atoms with Crippen LogP contribution in [0, 0.1) is 17.1 Å². The lowest BCUT2D eigenvalue weighted by molar-refractivity contribution is 0.0628. The van der Waals surface area contributed by atoms with Gasteiger partial charge >= 0.3 is 0 Å². The third-order valence-corrected chi connectivity index (χ3v) is 7.03. The highest BCUT2D eigenvalue weighted by Crippen LogP contribution is 2.23. The average molecular weight is 500 g/mol. The van der Waals surface area contributed by atoms with Crippen molar-refractivity contribution in [2.45, 2.75) is 25.5 Å². The number of rotatable bonds is 6. The first kappa shape index (κ1) is 24.7. The van der Waals surface area contributed by atoms with Crippen molar-refractivity contribution in [3.8, 4) is 11.8 Å². The third-order valence-electron chi connectivity index (χ3n) is 7.03. The van der Waals surface area contributed by atoms with E-state index in [1.54, 1.807) is 18.3 Å². The number of hydrogen-bond acceptors (Lipinski definition) is 6. The summed E-state index contributed by atoms with van der Waals surface area (Å²) in [7, 11) is 0. The predicted molar refractivity (Wildman–Crippen MR) is 139 cm³/mol. The Bertz CT molecular complexity index is 1230. The first-order valence-electron chi connectivity index (χ1n) is 12.7. The maximum absolute atomic E-state index is 13.1. The zero-order chi connectivity index (χ0) is 25.6. The molecule has 3 aromatic rings. The average Bonchev–Trinajstić information content (AvgIpc) is 2.95. The minimum Gasteiger partial charge on any atom is -0.490 e. The van der Waals surface area contributed by atoms with Crippen molar-refractivity contribution >= 4 is 11.7 Å². The summed E-state index contributed by atoms with van der Waals surface area (Å²) < 4.78 is 19.2. The van der Waals surface area contributed by atoms with Crippen LogP contribution in [0.15, 0.2) is 66.9 Å². The van der Waals surface area contributed by atoms with Gasteiger partial charge in [-0.2, -0.15) is 5.26 Å². The number of piperidine rings is 1. The van der Waals surface area contributed by atoms with E-state index in [0.717, 1.165) is 62.7 Å². The highest BCUT2D eigenvalue weighted by Gasteiger charge is 2.24. The van der Waals surface area contributed by atoms with E-state index in [1.165, 1.54) is 12.1 Å². The van der Waals surface area contributed by atoms with Gasteiger partial charge in [-0.3, -0.25) is 9.69 Å². The molecule has 2 aromatic carbocycles. The van der Waals surface area contributed by atoms with Crippen LogP contribution in [0.3, 0.4) is 0 Å². The molecule has 2 aliphatic heterocycles. The molecule has 2 fully saturated rings. The van der Waals surface area contributed by atoms with Crippen LogP contribution in [-0.4, -0.2) is 66.1 Å². The van der Waals surface area contributed by atoms with Crippen molar-refractivity contribution in [2.75, 3.05) is 44.2 Å². The standard InChI is InChI=1S/C29H30FN5O2/c30-25-6-1-23(2-7-25)21-33-15-17-35(18-16-33)29(36)24-5-10-28(32-20-24)34-13-11-27(12-14-34)37-26-8-3-22(19-31)4-9-26/h1-10,20,27H,11-18,21H2. The number of amides is 1. The number of carbonyl (C=O) groups excluding carboxylic acids is 1. The zero-order valence-corrected chi connectivity index (χ0v) is 20.7. The Balaban J connectivity index is 1.08. The van der Waals surface area contributed by atoms with Crippen LogP contribution in [0.4, 0.5) is 10.2 Å². The summed E-state index contributed by atoms with van der Waals surface area (Å²) in [4.78, 5) is 24.0. The molecule has 37 heavy (non-hydrogen) atoms. The maximum atomic E-state index is 13.1. The van der Waals surface area contributed by atoms with Gasteiger partial charge in [-0.15, -0.1) is 0 Å². The molecule has 0 saturated carbocycles. The van der Waals surface area contributed by atoms with Crippen molar-refractivity contribution in [3.05, 3.63) is 89.4 Å². The van der Waals surface area contributed by atoms with E-state index < -0.39 is 0 Å². The van der Waals surface area contributed by atoms with Crippen LogP contribution in [0.25, 0.3) is 0 Å². The summed E-state index contributed by atoms with van der Waals surface area (Å²) in [6.45, 7) is 5.31. The summed E-state index contributed by atoms with van der Waals surface area (Å²) in [6, 6.07) is 19.7. The molecule has 0 atom stereocenters. The molecule has 8 heteroatoms. The molecule has 1 amide bonds. The van der Waals surface area contributed by atoms with Crippen molar-refractivity contribution in [1.82, 2.24) is 14.8 Å². The normalized spacial score (nSPS) is 16.9.